The van der Waals surface area contributed by atoms with Gasteiger partial charge in [-0.2, -0.15) is 0 Å². The first-order valence-electron chi connectivity index (χ1n) is 12.1. The maximum atomic E-state index is 12.6. The third-order valence-corrected chi connectivity index (χ3v) is 7.03. The lowest BCUT2D eigenvalue weighted by molar-refractivity contribution is 0.0951. The number of carbonyl (C=O) groups is 1. The van der Waals surface area contributed by atoms with E-state index in [0.29, 0.717) is 5.76 Å². The first kappa shape index (κ1) is 25.2. The minimum atomic E-state index is -0.397. The quantitative estimate of drug-likeness (QED) is 0.269. The van der Waals surface area contributed by atoms with E-state index in [9.17, 15) is 4.79 Å². The molecule has 0 atom stereocenters. The van der Waals surface area contributed by atoms with Crippen LogP contribution in [0, 0.1) is 0 Å². The molecule has 1 aliphatic rings. The van der Waals surface area contributed by atoms with E-state index in [1.54, 1.807) is 12.1 Å². The fourth-order valence-corrected chi connectivity index (χ4v) is 4.79. The van der Waals surface area contributed by atoms with Gasteiger partial charge in [0, 0.05) is 54.1 Å². The monoisotopic (exact) mass is 574 g/mol. The maximum Gasteiger partial charge on any atom is 0.293 e. The van der Waals surface area contributed by atoms with Crippen LogP contribution in [0.2, 0.25) is 0 Å². The number of benzene rings is 3. The normalized spacial score (nSPS) is 13.8. The van der Waals surface area contributed by atoms with Gasteiger partial charge in [0.15, 0.2) is 10.9 Å². The van der Waals surface area contributed by atoms with Gasteiger partial charge >= 0.3 is 0 Å². The Morgan fingerprint density at radius 3 is 2.27 bits per heavy atom. The summed E-state index contributed by atoms with van der Waals surface area (Å²) in [5.74, 6) is 0.419. The first-order valence-corrected chi connectivity index (χ1v) is 13.3. The van der Waals surface area contributed by atoms with E-state index in [-0.39, 0.29) is 10.9 Å². The van der Waals surface area contributed by atoms with Gasteiger partial charge < -0.3 is 14.6 Å². The Kier molecular flexibility index (Phi) is 7.99. The molecule has 3 aromatic carbocycles. The van der Waals surface area contributed by atoms with Crippen molar-refractivity contribution in [3.8, 4) is 11.3 Å². The predicted octanol–water partition coefficient (Wildman–Crippen LogP) is 6.16. The van der Waals surface area contributed by atoms with Crippen molar-refractivity contribution in [3.63, 3.8) is 0 Å². The molecule has 5 rings (SSSR count). The number of hydrogen-bond donors (Lipinski definition) is 2. The number of furan rings is 1. The average Bonchev–Trinajstić information content (AvgIpc) is 3.41. The van der Waals surface area contributed by atoms with E-state index in [1.807, 2.05) is 36.4 Å². The highest BCUT2D eigenvalue weighted by Crippen LogP contribution is 2.24. The Labute approximate surface area is 230 Å². The molecule has 0 saturated carbocycles. The molecule has 6 nitrogen and oxygen atoms in total. The minimum Gasteiger partial charge on any atom is -0.451 e. The van der Waals surface area contributed by atoms with Gasteiger partial charge in [-0.3, -0.25) is 15.0 Å². The number of halogens is 1. The summed E-state index contributed by atoms with van der Waals surface area (Å²) in [6, 6.07) is 29.8. The van der Waals surface area contributed by atoms with E-state index in [0.717, 1.165) is 48.4 Å². The molecule has 1 saturated heterocycles. The van der Waals surface area contributed by atoms with Gasteiger partial charge in [-0.05, 0) is 66.3 Å². The Morgan fingerprint density at radius 2 is 1.57 bits per heavy atom. The summed E-state index contributed by atoms with van der Waals surface area (Å²) >= 11 is 8.76. The Morgan fingerprint density at radius 1 is 0.865 bits per heavy atom. The van der Waals surface area contributed by atoms with Crippen LogP contribution < -0.4 is 15.5 Å². The molecule has 2 heterocycles. The van der Waals surface area contributed by atoms with E-state index in [4.69, 9.17) is 16.6 Å². The molecule has 2 N–H and O–H groups in total. The zero-order valence-corrected chi connectivity index (χ0v) is 22.6. The van der Waals surface area contributed by atoms with Crippen molar-refractivity contribution in [1.29, 1.82) is 0 Å². The Bertz CT molecular complexity index is 1350. The molecule has 0 unspecified atom stereocenters. The van der Waals surface area contributed by atoms with Crippen molar-refractivity contribution in [2.24, 2.45) is 0 Å². The smallest absolute Gasteiger partial charge is 0.293 e. The topological polar surface area (TPSA) is 60.8 Å². The zero-order valence-electron chi connectivity index (χ0n) is 20.2. The molecule has 0 radical (unpaired) electrons. The van der Waals surface area contributed by atoms with Gasteiger partial charge in [0.05, 0.1) is 0 Å². The lowest BCUT2D eigenvalue weighted by atomic mass is 10.2. The molecule has 1 aromatic heterocycles. The van der Waals surface area contributed by atoms with Crippen LogP contribution in [-0.2, 0) is 6.54 Å². The zero-order chi connectivity index (χ0) is 25.6. The highest BCUT2D eigenvalue weighted by Gasteiger charge is 2.18. The van der Waals surface area contributed by atoms with Gasteiger partial charge in [-0.15, -0.1) is 0 Å². The summed E-state index contributed by atoms with van der Waals surface area (Å²) in [6.07, 6.45) is 0. The van der Waals surface area contributed by atoms with Gasteiger partial charge in [-0.1, -0.05) is 58.4 Å². The van der Waals surface area contributed by atoms with Gasteiger partial charge in [-0.25, -0.2) is 0 Å². The van der Waals surface area contributed by atoms with E-state index >= 15 is 0 Å². The number of amides is 1. The number of thiocarbonyl (C=S) groups is 1. The number of hydrogen-bond acceptors (Lipinski definition) is 5. The third-order valence-electron chi connectivity index (χ3n) is 6.30. The molecule has 1 aliphatic heterocycles. The summed E-state index contributed by atoms with van der Waals surface area (Å²) in [5, 5.41) is 5.98. The Hall–Kier alpha value is -3.46. The minimum absolute atomic E-state index is 0.198. The Balaban J connectivity index is 1.10. The fraction of sp³-hybridized carbons (Fsp3) is 0.172. The summed E-state index contributed by atoms with van der Waals surface area (Å²) in [5.41, 5.74) is 4.23. The van der Waals surface area contributed by atoms with Crippen LogP contribution in [0.25, 0.3) is 11.3 Å². The maximum absolute atomic E-state index is 12.6. The van der Waals surface area contributed by atoms with Crippen LogP contribution >= 0.6 is 28.1 Å². The van der Waals surface area contributed by atoms with Crippen molar-refractivity contribution in [3.05, 3.63) is 107 Å². The number of nitrogens with zero attached hydrogens (tertiary/aromatic N) is 2. The highest BCUT2D eigenvalue weighted by atomic mass is 79.9. The van der Waals surface area contributed by atoms with E-state index in [1.165, 1.54) is 11.3 Å². The second kappa shape index (κ2) is 11.7. The number of piperazine rings is 1. The SMILES string of the molecule is O=C(NC(=S)Nc1ccc(N2CCN(Cc3ccccc3)CC2)cc1)c1ccc(-c2ccc(Br)cc2)o1. The van der Waals surface area contributed by atoms with E-state index < -0.39 is 5.91 Å². The molecule has 0 bridgehead atoms. The highest BCUT2D eigenvalue weighted by molar-refractivity contribution is 9.10. The second-order valence-electron chi connectivity index (χ2n) is 8.87. The summed E-state index contributed by atoms with van der Waals surface area (Å²) < 4.78 is 6.70. The predicted molar refractivity (Wildman–Crippen MR) is 156 cm³/mol. The van der Waals surface area contributed by atoms with E-state index in [2.05, 4.69) is 78.8 Å². The first-order chi connectivity index (χ1) is 18.0. The van der Waals surface area contributed by atoms with Crippen LogP contribution in [0.15, 0.2) is 99.9 Å². The number of rotatable bonds is 6. The molecule has 8 heteroatoms. The largest absolute Gasteiger partial charge is 0.451 e. The second-order valence-corrected chi connectivity index (χ2v) is 10.2. The van der Waals surface area contributed by atoms with Crippen LogP contribution in [0.1, 0.15) is 16.1 Å². The van der Waals surface area contributed by atoms with Crippen LogP contribution in [0.3, 0.4) is 0 Å². The molecule has 37 heavy (non-hydrogen) atoms. The van der Waals surface area contributed by atoms with Crippen molar-refractivity contribution < 1.29 is 9.21 Å². The standard InChI is InChI=1S/C29H27BrN4O2S/c30-23-8-6-22(7-9-23)26-14-15-27(36-26)28(35)32-29(37)31-24-10-12-25(13-11-24)34-18-16-33(17-19-34)20-21-4-2-1-3-5-21/h1-15H,16-20H2,(H2,31,32,35,37). The number of carbonyl (C=O) groups excluding carboxylic acids is 1. The molecule has 4 aromatic rings. The van der Waals surface area contributed by atoms with Crippen LogP contribution in [-0.4, -0.2) is 42.1 Å². The lowest BCUT2D eigenvalue weighted by Gasteiger charge is -2.36. The third kappa shape index (κ3) is 6.65. The van der Waals surface area contributed by atoms with Gasteiger partial charge in [0.1, 0.15) is 5.76 Å². The summed E-state index contributed by atoms with van der Waals surface area (Å²) in [7, 11) is 0. The van der Waals surface area contributed by atoms with Crippen molar-refractivity contribution in [2.75, 3.05) is 36.4 Å². The lowest BCUT2D eigenvalue weighted by Crippen LogP contribution is -2.45. The molecular weight excluding hydrogens is 548 g/mol. The molecule has 1 fully saturated rings. The molecular formula is C29H27BrN4O2S. The van der Waals surface area contributed by atoms with Gasteiger partial charge in [0.25, 0.3) is 5.91 Å². The molecule has 188 valence electrons. The number of anilines is 2. The fourth-order valence-electron chi connectivity index (χ4n) is 4.32. The van der Waals surface area contributed by atoms with Crippen molar-refractivity contribution >= 4 is 50.5 Å². The molecule has 0 spiro atoms. The van der Waals surface area contributed by atoms with Gasteiger partial charge in [0.2, 0.25) is 0 Å². The van der Waals surface area contributed by atoms with Crippen molar-refractivity contribution in [2.45, 2.75) is 6.54 Å². The van der Waals surface area contributed by atoms with Crippen molar-refractivity contribution in [1.82, 2.24) is 10.2 Å². The summed E-state index contributed by atoms with van der Waals surface area (Å²) in [6.45, 7) is 5.02. The average molecular weight is 576 g/mol. The van der Waals surface area contributed by atoms with Crippen LogP contribution in [0.5, 0.6) is 0 Å². The number of nitrogens with one attached hydrogen (secondary N) is 2. The summed E-state index contributed by atoms with van der Waals surface area (Å²) in [4.78, 5) is 17.5. The molecule has 1 amide bonds. The van der Waals surface area contributed by atoms with Crippen LogP contribution in [0.4, 0.5) is 11.4 Å². The molecule has 0 aliphatic carbocycles.